The van der Waals surface area contributed by atoms with Crippen molar-refractivity contribution < 1.29 is 4.79 Å². The lowest BCUT2D eigenvalue weighted by molar-refractivity contribution is -0.119. The van der Waals surface area contributed by atoms with Crippen LogP contribution in [0, 0.1) is 18.3 Å². The van der Waals surface area contributed by atoms with E-state index in [1.54, 1.807) is 18.2 Å². The summed E-state index contributed by atoms with van der Waals surface area (Å²) in [6, 6.07) is 14.8. The third-order valence-corrected chi connectivity index (χ3v) is 6.62. The average molecular weight is 453 g/mol. The number of benzene rings is 2. The van der Waals surface area contributed by atoms with Gasteiger partial charge in [0.05, 0.1) is 28.4 Å². The first-order chi connectivity index (χ1) is 14.9. The molecular formula is C23H21ClN4O2S. The van der Waals surface area contributed by atoms with E-state index in [-0.39, 0.29) is 17.2 Å². The van der Waals surface area contributed by atoms with E-state index in [0.717, 1.165) is 18.4 Å². The molecule has 8 heteroatoms. The monoisotopic (exact) mass is 452 g/mol. The topological polar surface area (TPSA) is 87.8 Å². The quantitative estimate of drug-likeness (QED) is 0.458. The van der Waals surface area contributed by atoms with Crippen LogP contribution in [0.1, 0.15) is 31.2 Å². The highest BCUT2D eigenvalue weighted by molar-refractivity contribution is 7.99. The number of rotatable bonds is 5. The van der Waals surface area contributed by atoms with Crippen LogP contribution in [0.3, 0.4) is 0 Å². The number of thioether (sulfide) groups is 1. The molecule has 31 heavy (non-hydrogen) atoms. The van der Waals surface area contributed by atoms with Crippen molar-refractivity contribution in [3.8, 4) is 11.8 Å². The molecule has 0 unspecified atom stereocenters. The number of carbonyl (C=O) groups is 1. The number of aromatic nitrogens is 2. The standard InChI is InChI=1S/C23H21ClN4O2S/c1-15-5-4-6-17(11-15)28-21(30)18-8-7-16(24)12-19(18)26-22(28)31-13-20(29)27-23(14-25)9-2-3-10-23/h4-8,11-12H,2-3,9-10,13H2,1H3,(H,27,29). The zero-order valence-electron chi connectivity index (χ0n) is 17.0. The predicted octanol–water partition coefficient (Wildman–Crippen LogP) is 4.39. The summed E-state index contributed by atoms with van der Waals surface area (Å²) in [6.07, 6.45) is 3.20. The molecule has 2 aromatic carbocycles. The fourth-order valence-corrected chi connectivity index (χ4v) is 4.89. The Morgan fingerprint density at radius 3 is 2.77 bits per heavy atom. The van der Waals surface area contributed by atoms with Crippen LogP contribution in [0.15, 0.2) is 52.4 Å². The lowest BCUT2D eigenvalue weighted by atomic mass is 10.0. The fraction of sp³-hybridized carbons (Fsp3) is 0.304. The van der Waals surface area contributed by atoms with Gasteiger partial charge in [0.1, 0.15) is 5.54 Å². The fourth-order valence-electron chi connectivity index (χ4n) is 3.91. The Morgan fingerprint density at radius 1 is 1.29 bits per heavy atom. The Bertz CT molecular complexity index is 1260. The van der Waals surface area contributed by atoms with E-state index in [1.165, 1.54) is 16.3 Å². The molecule has 1 N–H and O–H groups in total. The highest BCUT2D eigenvalue weighted by Gasteiger charge is 2.35. The largest absolute Gasteiger partial charge is 0.337 e. The van der Waals surface area contributed by atoms with Crippen LogP contribution in [0.25, 0.3) is 16.6 Å². The summed E-state index contributed by atoms with van der Waals surface area (Å²) in [5.74, 6) is -0.196. The molecule has 1 aliphatic carbocycles. The van der Waals surface area contributed by atoms with Gasteiger partial charge in [-0.2, -0.15) is 5.26 Å². The number of carbonyl (C=O) groups excluding carboxylic acids is 1. The van der Waals surface area contributed by atoms with Crippen LogP contribution < -0.4 is 10.9 Å². The molecular weight excluding hydrogens is 432 g/mol. The van der Waals surface area contributed by atoms with Crippen molar-refractivity contribution in [2.75, 3.05) is 5.75 Å². The summed E-state index contributed by atoms with van der Waals surface area (Å²) in [5, 5.41) is 13.7. The van der Waals surface area contributed by atoms with Gasteiger partial charge in [-0.3, -0.25) is 14.2 Å². The first-order valence-electron chi connectivity index (χ1n) is 10.1. The Morgan fingerprint density at radius 2 is 2.06 bits per heavy atom. The molecule has 1 heterocycles. The zero-order chi connectivity index (χ0) is 22.0. The van der Waals surface area contributed by atoms with E-state index in [1.807, 2.05) is 31.2 Å². The SMILES string of the molecule is Cc1cccc(-n2c(SCC(=O)NC3(C#N)CCCC3)nc3cc(Cl)ccc3c2=O)c1. The number of aryl methyl sites for hydroxylation is 1. The first kappa shape index (κ1) is 21.4. The molecule has 6 nitrogen and oxygen atoms in total. The van der Waals surface area contributed by atoms with Gasteiger partial charge in [0.2, 0.25) is 5.91 Å². The third-order valence-electron chi connectivity index (χ3n) is 5.44. The normalized spacial score (nSPS) is 15.0. The minimum Gasteiger partial charge on any atom is -0.337 e. The zero-order valence-corrected chi connectivity index (χ0v) is 18.6. The number of fused-ring (bicyclic) bond motifs is 1. The minimum absolute atomic E-state index is 0.0494. The Kier molecular flexibility index (Phi) is 6.03. The van der Waals surface area contributed by atoms with E-state index < -0.39 is 5.54 Å². The molecule has 0 atom stereocenters. The van der Waals surface area contributed by atoms with Gasteiger partial charge in [-0.1, -0.05) is 35.5 Å². The van der Waals surface area contributed by atoms with Crippen molar-refractivity contribution in [3.63, 3.8) is 0 Å². The molecule has 1 amide bonds. The molecule has 4 rings (SSSR count). The summed E-state index contributed by atoms with van der Waals surface area (Å²) >= 11 is 7.28. The maximum Gasteiger partial charge on any atom is 0.266 e. The summed E-state index contributed by atoms with van der Waals surface area (Å²) in [7, 11) is 0. The Hall–Kier alpha value is -2.82. The molecule has 1 aromatic heterocycles. The lowest BCUT2D eigenvalue weighted by Crippen LogP contribution is -2.45. The van der Waals surface area contributed by atoms with Crippen LogP contribution in [-0.4, -0.2) is 26.8 Å². The molecule has 0 spiro atoms. The number of nitrogens with zero attached hydrogens (tertiary/aromatic N) is 3. The van der Waals surface area contributed by atoms with E-state index in [0.29, 0.717) is 39.6 Å². The van der Waals surface area contributed by atoms with Crippen molar-refractivity contribution in [3.05, 3.63) is 63.4 Å². The van der Waals surface area contributed by atoms with Gasteiger partial charge in [-0.15, -0.1) is 0 Å². The number of nitrogens with one attached hydrogen (secondary N) is 1. The number of amides is 1. The van der Waals surface area contributed by atoms with Gasteiger partial charge in [0, 0.05) is 5.02 Å². The lowest BCUT2D eigenvalue weighted by Gasteiger charge is -2.22. The second kappa shape index (κ2) is 8.74. The summed E-state index contributed by atoms with van der Waals surface area (Å²) in [6.45, 7) is 1.95. The minimum atomic E-state index is -0.780. The van der Waals surface area contributed by atoms with Crippen LogP contribution in [0.5, 0.6) is 0 Å². The van der Waals surface area contributed by atoms with Crippen LogP contribution in [-0.2, 0) is 4.79 Å². The highest BCUT2D eigenvalue weighted by atomic mass is 35.5. The van der Waals surface area contributed by atoms with Crippen molar-refractivity contribution in [1.29, 1.82) is 5.26 Å². The number of hydrogen-bond donors (Lipinski definition) is 1. The maximum absolute atomic E-state index is 13.3. The molecule has 1 saturated carbocycles. The summed E-state index contributed by atoms with van der Waals surface area (Å²) < 4.78 is 1.52. The van der Waals surface area contributed by atoms with Crippen LogP contribution in [0.4, 0.5) is 0 Å². The Labute approximate surface area is 189 Å². The molecule has 0 radical (unpaired) electrons. The van der Waals surface area contributed by atoms with Crippen molar-refractivity contribution in [2.24, 2.45) is 0 Å². The number of nitriles is 1. The van der Waals surface area contributed by atoms with Gasteiger partial charge in [0.15, 0.2) is 5.16 Å². The first-order valence-corrected chi connectivity index (χ1v) is 11.4. The summed E-state index contributed by atoms with van der Waals surface area (Å²) in [5.41, 5.74) is 1.17. The van der Waals surface area contributed by atoms with E-state index in [2.05, 4.69) is 16.4 Å². The molecule has 0 bridgehead atoms. The van der Waals surface area contributed by atoms with Gasteiger partial charge < -0.3 is 5.32 Å². The Balaban J connectivity index is 1.70. The number of halogens is 1. The van der Waals surface area contributed by atoms with Gasteiger partial charge in [0.25, 0.3) is 5.56 Å². The van der Waals surface area contributed by atoms with Crippen molar-refractivity contribution >= 4 is 40.2 Å². The van der Waals surface area contributed by atoms with Crippen molar-refractivity contribution in [1.82, 2.24) is 14.9 Å². The van der Waals surface area contributed by atoms with E-state index >= 15 is 0 Å². The second-order valence-electron chi connectivity index (χ2n) is 7.77. The predicted molar refractivity (Wildman–Crippen MR) is 123 cm³/mol. The summed E-state index contributed by atoms with van der Waals surface area (Å²) in [4.78, 5) is 30.6. The average Bonchev–Trinajstić information content (AvgIpc) is 3.21. The second-order valence-corrected chi connectivity index (χ2v) is 9.15. The van der Waals surface area contributed by atoms with E-state index in [4.69, 9.17) is 11.6 Å². The highest BCUT2D eigenvalue weighted by Crippen LogP contribution is 2.29. The third kappa shape index (κ3) is 4.46. The van der Waals surface area contributed by atoms with Crippen molar-refractivity contribution in [2.45, 2.75) is 43.3 Å². The van der Waals surface area contributed by atoms with Gasteiger partial charge >= 0.3 is 0 Å². The van der Waals surface area contributed by atoms with Crippen LogP contribution in [0.2, 0.25) is 5.02 Å². The van der Waals surface area contributed by atoms with Gasteiger partial charge in [-0.05, 0) is 68.5 Å². The molecule has 0 aliphatic heterocycles. The number of hydrogen-bond acceptors (Lipinski definition) is 5. The van der Waals surface area contributed by atoms with Crippen LogP contribution >= 0.6 is 23.4 Å². The molecule has 0 saturated heterocycles. The molecule has 1 fully saturated rings. The smallest absolute Gasteiger partial charge is 0.266 e. The molecule has 158 valence electrons. The van der Waals surface area contributed by atoms with Gasteiger partial charge in [-0.25, -0.2) is 4.98 Å². The van der Waals surface area contributed by atoms with E-state index in [9.17, 15) is 14.9 Å². The molecule has 3 aromatic rings. The maximum atomic E-state index is 13.3. The molecule has 1 aliphatic rings.